The van der Waals surface area contributed by atoms with Crippen LogP contribution in [0.4, 0.5) is 0 Å². The molecule has 1 aliphatic carbocycles. The maximum absolute atomic E-state index is 5.18. The van der Waals surface area contributed by atoms with Crippen LogP contribution in [0.2, 0.25) is 0 Å². The first-order valence-corrected chi connectivity index (χ1v) is 4.52. The molecule has 0 aromatic heterocycles. The standard InChI is InChI=1S/C10H20O2/c1-9(7-11-3)5-10(2,6-9)8-12-4/h5-8H2,1-4H3. The number of rotatable bonds is 4. The summed E-state index contributed by atoms with van der Waals surface area (Å²) in [4.78, 5) is 0. The predicted octanol–water partition coefficient (Wildman–Crippen LogP) is 2.09. The fourth-order valence-electron chi connectivity index (χ4n) is 2.91. The quantitative estimate of drug-likeness (QED) is 0.646. The third kappa shape index (κ3) is 1.99. The van der Waals surface area contributed by atoms with Crippen LogP contribution in [0.25, 0.3) is 0 Å². The van der Waals surface area contributed by atoms with Gasteiger partial charge in [-0.3, -0.25) is 0 Å². The molecule has 0 spiro atoms. The van der Waals surface area contributed by atoms with Crippen molar-refractivity contribution >= 4 is 0 Å². The van der Waals surface area contributed by atoms with Crippen molar-refractivity contribution in [3.05, 3.63) is 0 Å². The van der Waals surface area contributed by atoms with Gasteiger partial charge in [0.25, 0.3) is 0 Å². The van der Waals surface area contributed by atoms with Crippen LogP contribution in [0, 0.1) is 10.8 Å². The maximum Gasteiger partial charge on any atom is 0.0516 e. The largest absolute Gasteiger partial charge is 0.384 e. The molecule has 1 saturated carbocycles. The van der Waals surface area contributed by atoms with Gasteiger partial charge in [-0.1, -0.05) is 13.8 Å². The summed E-state index contributed by atoms with van der Waals surface area (Å²) in [5, 5.41) is 0. The molecule has 72 valence electrons. The highest BCUT2D eigenvalue weighted by Crippen LogP contribution is 2.54. The zero-order valence-corrected chi connectivity index (χ0v) is 8.64. The lowest BCUT2D eigenvalue weighted by Gasteiger charge is -2.52. The fraction of sp³-hybridized carbons (Fsp3) is 1.00. The zero-order chi connectivity index (χ0) is 9.24. The van der Waals surface area contributed by atoms with Crippen LogP contribution in [0.3, 0.4) is 0 Å². The molecule has 0 unspecified atom stereocenters. The Labute approximate surface area is 75.2 Å². The average Bonchev–Trinajstić information content (AvgIpc) is 1.84. The summed E-state index contributed by atoms with van der Waals surface area (Å²) in [7, 11) is 3.55. The van der Waals surface area contributed by atoms with E-state index in [0.29, 0.717) is 10.8 Å². The Balaban J connectivity index is 2.34. The fourth-order valence-corrected chi connectivity index (χ4v) is 2.91. The van der Waals surface area contributed by atoms with E-state index < -0.39 is 0 Å². The normalized spacial score (nSPS) is 41.0. The Morgan fingerprint density at radius 1 is 0.917 bits per heavy atom. The summed E-state index contributed by atoms with van der Waals surface area (Å²) in [6.07, 6.45) is 2.45. The first-order valence-electron chi connectivity index (χ1n) is 4.52. The molecule has 1 fully saturated rings. The smallest absolute Gasteiger partial charge is 0.0516 e. The third-order valence-corrected chi connectivity index (χ3v) is 2.69. The summed E-state index contributed by atoms with van der Waals surface area (Å²) in [5.74, 6) is 0. The van der Waals surface area contributed by atoms with Crippen LogP contribution in [0.1, 0.15) is 26.7 Å². The molecule has 12 heavy (non-hydrogen) atoms. The Hall–Kier alpha value is -0.0800. The van der Waals surface area contributed by atoms with Crippen LogP contribution in [-0.2, 0) is 9.47 Å². The first kappa shape index (κ1) is 10.0. The highest BCUT2D eigenvalue weighted by molar-refractivity contribution is 4.98. The molecule has 0 aliphatic heterocycles. The van der Waals surface area contributed by atoms with Gasteiger partial charge < -0.3 is 9.47 Å². The van der Waals surface area contributed by atoms with Crippen molar-refractivity contribution in [1.29, 1.82) is 0 Å². The van der Waals surface area contributed by atoms with Crippen LogP contribution in [0.15, 0.2) is 0 Å². The second-order valence-corrected chi connectivity index (χ2v) is 4.84. The number of hydrogen-bond donors (Lipinski definition) is 0. The SMILES string of the molecule is COCC1(C)CC(C)(COC)C1. The highest BCUT2D eigenvalue weighted by Gasteiger charge is 2.48. The number of hydrogen-bond acceptors (Lipinski definition) is 2. The summed E-state index contributed by atoms with van der Waals surface area (Å²) < 4.78 is 10.4. The van der Waals surface area contributed by atoms with E-state index in [2.05, 4.69) is 13.8 Å². The van der Waals surface area contributed by atoms with Gasteiger partial charge in [0.1, 0.15) is 0 Å². The van der Waals surface area contributed by atoms with Crippen LogP contribution < -0.4 is 0 Å². The first-order chi connectivity index (χ1) is 5.54. The molecule has 0 saturated heterocycles. The number of methoxy groups -OCH3 is 2. The Kier molecular flexibility index (Phi) is 2.79. The van der Waals surface area contributed by atoms with Crippen molar-refractivity contribution in [2.24, 2.45) is 10.8 Å². The minimum atomic E-state index is 0.405. The zero-order valence-electron chi connectivity index (χ0n) is 8.64. The summed E-state index contributed by atoms with van der Waals surface area (Å²) in [5.41, 5.74) is 0.810. The van der Waals surface area contributed by atoms with Gasteiger partial charge in [-0.25, -0.2) is 0 Å². The Morgan fingerprint density at radius 3 is 1.50 bits per heavy atom. The third-order valence-electron chi connectivity index (χ3n) is 2.69. The van der Waals surface area contributed by atoms with Crippen molar-refractivity contribution in [3.63, 3.8) is 0 Å². The minimum absolute atomic E-state index is 0.405. The summed E-state index contributed by atoms with van der Waals surface area (Å²) in [6, 6.07) is 0. The lowest BCUT2D eigenvalue weighted by Crippen LogP contribution is -2.47. The van der Waals surface area contributed by atoms with E-state index in [1.165, 1.54) is 12.8 Å². The van der Waals surface area contributed by atoms with E-state index >= 15 is 0 Å². The molecule has 0 N–H and O–H groups in total. The van der Waals surface area contributed by atoms with E-state index in [9.17, 15) is 0 Å². The topological polar surface area (TPSA) is 18.5 Å². The van der Waals surface area contributed by atoms with Gasteiger partial charge in [0, 0.05) is 14.2 Å². The lowest BCUT2D eigenvalue weighted by atomic mass is 9.55. The van der Waals surface area contributed by atoms with Gasteiger partial charge in [-0.2, -0.15) is 0 Å². The molecule has 0 bridgehead atoms. The van der Waals surface area contributed by atoms with Crippen LogP contribution >= 0.6 is 0 Å². The summed E-state index contributed by atoms with van der Waals surface area (Å²) in [6.45, 7) is 6.33. The lowest BCUT2D eigenvalue weighted by molar-refractivity contribution is -0.0957. The summed E-state index contributed by atoms with van der Waals surface area (Å²) >= 11 is 0. The van der Waals surface area contributed by atoms with Crippen molar-refractivity contribution in [2.45, 2.75) is 26.7 Å². The molecule has 2 nitrogen and oxygen atoms in total. The van der Waals surface area contributed by atoms with E-state index in [4.69, 9.17) is 9.47 Å². The van der Waals surface area contributed by atoms with Gasteiger partial charge in [0.2, 0.25) is 0 Å². The Morgan fingerprint density at radius 2 is 1.25 bits per heavy atom. The molecule has 2 heteroatoms. The molecule has 0 heterocycles. The van der Waals surface area contributed by atoms with Crippen molar-refractivity contribution < 1.29 is 9.47 Å². The number of ether oxygens (including phenoxy) is 2. The minimum Gasteiger partial charge on any atom is -0.384 e. The predicted molar refractivity (Wildman–Crippen MR) is 49.2 cm³/mol. The second-order valence-electron chi connectivity index (χ2n) is 4.84. The molecule has 0 amide bonds. The van der Waals surface area contributed by atoms with Gasteiger partial charge in [0.15, 0.2) is 0 Å². The van der Waals surface area contributed by atoms with Crippen LogP contribution in [0.5, 0.6) is 0 Å². The average molecular weight is 172 g/mol. The van der Waals surface area contributed by atoms with E-state index in [1.54, 1.807) is 14.2 Å². The molecule has 0 radical (unpaired) electrons. The van der Waals surface area contributed by atoms with E-state index in [1.807, 2.05) is 0 Å². The monoisotopic (exact) mass is 172 g/mol. The molecule has 0 aromatic carbocycles. The van der Waals surface area contributed by atoms with Crippen molar-refractivity contribution in [2.75, 3.05) is 27.4 Å². The van der Waals surface area contributed by atoms with Crippen molar-refractivity contribution in [3.8, 4) is 0 Å². The van der Waals surface area contributed by atoms with Crippen LogP contribution in [-0.4, -0.2) is 27.4 Å². The maximum atomic E-state index is 5.18. The molecular formula is C10H20O2. The van der Waals surface area contributed by atoms with Gasteiger partial charge in [-0.05, 0) is 23.7 Å². The van der Waals surface area contributed by atoms with Crippen molar-refractivity contribution in [1.82, 2.24) is 0 Å². The second kappa shape index (κ2) is 3.35. The molecule has 0 atom stereocenters. The molecular weight excluding hydrogens is 152 g/mol. The Bertz CT molecular complexity index is 132. The van der Waals surface area contributed by atoms with Gasteiger partial charge >= 0.3 is 0 Å². The van der Waals surface area contributed by atoms with E-state index in [-0.39, 0.29) is 0 Å². The van der Waals surface area contributed by atoms with Gasteiger partial charge in [-0.15, -0.1) is 0 Å². The molecule has 1 aliphatic rings. The van der Waals surface area contributed by atoms with Gasteiger partial charge in [0.05, 0.1) is 13.2 Å². The highest BCUT2D eigenvalue weighted by atomic mass is 16.5. The molecule has 1 rings (SSSR count). The molecule has 0 aromatic rings. The van der Waals surface area contributed by atoms with E-state index in [0.717, 1.165) is 13.2 Å².